The zero-order valence-corrected chi connectivity index (χ0v) is 21.4. The van der Waals surface area contributed by atoms with Gasteiger partial charge in [0.15, 0.2) is 10.8 Å². The van der Waals surface area contributed by atoms with Crippen LogP contribution >= 0.6 is 23.1 Å². The number of aromatic nitrogens is 1. The standard InChI is InChI=1S/C24H22N6O6S2/c25-24-26-15(11-38-24)16(28-36)19(31)27-17-21(33)30-18(23(34)35)14(10-37-22(17)30)8-13-6-7-29(20(13)32)9-12-4-2-1-3-5-12/h1-5,8,11,17,22,36H,6-7,9-10H2,(H2,25,26)(H,27,31)(H,34,35)/t17-,22-/m1/s1. The van der Waals surface area contributed by atoms with E-state index in [2.05, 4.69) is 15.5 Å². The second-order valence-corrected chi connectivity index (χ2v) is 10.7. The van der Waals surface area contributed by atoms with E-state index in [1.54, 1.807) is 11.0 Å². The molecule has 0 aliphatic carbocycles. The molecule has 2 aromatic rings. The minimum atomic E-state index is -1.30. The van der Waals surface area contributed by atoms with Gasteiger partial charge in [-0.15, -0.1) is 23.1 Å². The number of amides is 3. The van der Waals surface area contributed by atoms with E-state index >= 15 is 0 Å². The molecule has 0 unspecified atom stereocenters. The number of fused-ring (bicyclic) bond motifs is 1. The molecule has 2 saturated heterocycles. The number of nitrogens with one attached hydrogen (secondary N) is 1. The molecule has 14 heteroatoms. The fraction of sp³-hybridized carbons (Fsp3) is 0.250. The summed E-state index contributed by atoms with van der Waals surface area (Å²) in [4.78, 5) is 57.5. The maximum absolute atomic E-state index is 13.0. The number of nitrogen functional groups attached to an aromatic ring is 1. The summed E-state index contributed by atoms with van der Waals surface area (Å²) in [5.41, 5.74) is 6.83. The van der Waals surface area contributed by atoms with Crippen molar-refractivity contribution < 1.29 is 29.5 Å². The van der Waals surface area contributed by atoms with Gasteiger partial charge in [0.25, 0.3) is 11.8 Å². The van der Waals surface area contributed by atoms with Gasteiger partial charge in [0, 0.05) is 29.8 Å². The number of rotatable bonds is 7. The summed E-state index contributed by atoms with van der Waals surface area (Å²) >= 11 is 2.32. The van der Waals surface area contributed by atoms with Crippen LogP contribution in [-0.2, 0) is 25.7 Å². The molecule has 3 aliphatic heterocycles. The number of likely N-dealkylation sites (tertiary alicyclic amines) is 1. The van der Waals surface area contributed by atoms with Crippen LogP contribution in [0, 0.1) is 0 Å². The Bertz CT molecular complexity index is 1420. The Hall–Kier alpha value is -4.17. The van der Waals surface area contributed by atoms with E-state index in [0.29, 0.717) is 30.7 Å². The Kier molecular flexibility index (Phi) is 6.91. The van der Waals surface area contributed by atoms with E-state index in [-0.39, 0.29) is 28.2 Å². The topological polar surface area (TPSA) is 179 Å². The van der Waals surface area contributed by atoms with Crippen LogP contribution < -0.4 is 11.1 Å². The van der Waals surface area contributed by atoms with Crippen molar-refractivity contribution in [1.82, 2.24) is 20.1 Å². The van der Waals surface area contributed by atoms with Crippen LogP contribution in [0.15, 0.2) is 63.8 Å². The normalized spacial score (nSPS) is 22.5. The number of benzene rings is 1. The second-order valence-electron chi connectivity index (χ2n) is 8.69. The third-order valence-corrected chi connectivity index (χ3v) is 8.32. The van der Waals surface area contributed by atoms with Crippen LogP contribution in [-0.4, -0.2) is 78.2 Å². The van der Waals surface area contributed by atoms with Gasteiger partial charge < -0.3 is 26.3 Å². The minimum absolute atomic E-state index is 0.0509. The van der Waals surface area contributed by atoms with Crippen molar-refractivity contribution in [3.8, 4) is 0 Å². The predicted octanol–water partition coefficient (Wildman–Crippen LogP) is 1.00. The molecular formula is C24H22N6O6S2. The highest BCUT2D eigenvalue weighted by Gasteiger charge is 2.54. The van der Waals surface area contributed by atoms with E-state index < -0.39 is 34.9 Å². The number of aliphatic carboxylic acids is 1. The van der Waals surface area contributed by atoms with Crippen molar-refractivity contribution in [2.75, 3.05) is 18.0 Å². The molecule has 3 amide bonds. The van der Waals surface area contributed by atoms with Crippen LogP contribution in [0.25, 0.3) is 0 Å². The van der Waals surface area contributed by atoms with E-state index in [0.717, 1.165) is 21.8 Å². The highest BCUT2D eigenvalue weighted by Crippen LogP contribution is 2.41. The van der Waals surface area contributed by atoms with Crippen molar-refractivity contribution in [2.45, 2.75) is 24.4 Å². The molecule has 2 fully saturated rings. The summed E-state index contributed by atoms with van der Waals surface area (Å²) in [7, 11) is 0. The number of anilines is 1. The average molecular weight is 555 g/mol. The van der Waals surface area contributed by atoms with Gasteiger partial charge in [-0.2, -0.15) is 0 Å². The molecular weight excluding hydrogens is 532 g/mol. The van der Waals surface area contributed by atoms with Gasteiger partial charge in [0.2, 0.25) is 5.91 Å². The molecule has 5 rings (SSSR count). The van der Waals surface area contributed by atoms with E-state index in [1.807, 2.05) is 30.3 Å². The number of nitrogens with two attached hydrogens (primary N) is 1. The van der Waals surface area contributed by atoms with Gasteiger partial charge in [0.1, 0.15) is 22.8 Å². The Morgan fingerprint density at radius 2 is 2.03 bits per heavy atom. The van der Waals surface area contributed by atoms with Crippen LogP contribution in [0.4, 0.5) is 5.13 Å². The van der Waals surface area contributed by atoms with E-state index in [9.17, 15) is 29.5 Å². The van der Waals surface area contributed by atoms with E-state index in [1.165, 1.54) is 17.1 Å². The van der Waals surface area contributed by atoms with Crippen molar-refractivity contribution in [1.29, 1.82) is 0 Å². The van der Waals surface area contributed by atoms with Crippen molar-refractivity contribution in [3.63, 3.8) is 0 Å². The first kappa shape index (κ1) is 25.5. The molecule has 38 heavy (non-hydrogen) atoms. The van der Waals surface area contributed by atoms with Crippen LogP contribution in [0.3, 0.4) is 0 Å². The summed E-state index contributed by atoms with van der Waals surface area (Å²) < 4.78 is 0. The molecule has 196 valence electrons. The third-order valence-electron chi connectivity index (χ3n) is 6.34. The Morgan fingerprint density at radius 1 is 1.26 bits per heavy atom. The van der Waals surface area contributed by atoms with Gasteiger partial charge in [-0.1, -0.05) is 35.5 Å². The number of nitrogens with zero attached hydrogens (tertiary/aromatic N) is 4. The number of carboxylic acids is 1. The van der Waals surface area contributed by atoms with Crippen LogP contribution in [0.5, 0.6) is 0 Å². The lowest BCUT2D eigenvalue weighted by molar-refractivity contribution is -0.150. The number of carbonyl (C=O) groups excluding carboxylic acids is 3. The highest BCUT2D eigenvalue weighted by molar-refractivity contribution is 8.00. The number of oxime groups is 1. The fourth-order valence-electron chi connectivity index (χ4n) is 4.54. The maximum Gasteiger partial charge on any atom is 0.352 e. The maximum atomic E-state index is 13.0. The zero-order chi connectivity index (χ0) is 27.0. The van der Waals surface area contributed by atoms with Gasteiger partial charge in [0.05, 0.1) is 0 Å². The second kappa shape index (κ2) is 10.3. The van der Waals surface area contributed by atoms with Gasteiger partial charge in [-0.25, -0.2) is 9.78 Å². The quantitative estimate of drug-likeness (QED) is 0.128. The largest absolute Gasteiger partial charge is 0.477 e. The van der Waals surface area contributed by atoms with E-state index in [4.69, 9.17) is 5.73 Å². The molecule has 0 radical (unpaired) electrons. The Morgan fingerprint density at radius 3 is 2.68 bits per heavy atom. The lowest BCUT2D eigenvalue weighted by atomic mass is 10.0. The SMILES string of the molecule is Nc1nc(C(=NO)C(=O)N[C@@H]2C(=O)N3C(C(=O)O)=C(C=C4CCN(Cc5ccccc5)C4=O)CS[C@H]23)cs1. The predicted molar refractivity (Wildman–Crippen MR) is 139 cm³/mol. The molecule has 1 aromatic carbocycles. The van der Waals surface area contributed by atoms with Crippen molar-refractivity contribution >= 4 is 57.6 Å². The van der Waals surface area contributed by atoms with Crippen LogP contribution in [0.1, 0.15) is 17.7 Å². The van der Waals surface area contributed by atoms with Crippen molar-refractivity contribution in [2.24, 2.45) is 5.16 Å². The Labute approximate surface area is 224 Å². The average Bonchev–Trinajstić information content (AvgIpc) is 3.48. The third kappa shape index (κ3) is 4.63. The molecule has 0 saturated carbocycles. The first-order valence-electron chi connectivity index (χ1n) is 11.5. The number of thioether (sulfide) groups is 1. The highest BCUT2D eigenvalue weighted by atomic mass is 32.2. The monoisotopic (exact) mass is 554 g/mol. The summed E-state index contributed by atoms with van der Waals surface area (Å²) in [6.07, 6.45) is 2.04. The molecule has 1 aromatic heterocycles. The number of carboxylic acid groups (broad SMARTS) is 1. The van der Waals surface area contributed by atoms with Gasteiger partial charge in [-0.3, -0.25) is 19.3 Å². The van der Waals surface area contributed by atoms with Crippen LogP contribution in [0.2, 0.25) is 0 Å². The first-order valence-corrected chi connectivity index (χ1v) is 13.4. The Balaban J connectivity index is 1.32. The van der Waals surface area contributed by atoms with Crippen molar-refractivity contribution in [3.05, 3.63) is 69.9 Å². The number of hydrogen-bond donors (Lipinski definition) is 4. The first-order chi connectivity index (χ1) is 18.3. The summed E-state index contributed by atoms with van der Waals surface area (Å²) in [6.45, 7) is 0.971. The minimum Gasteiger partial charge on any atom is -0.477 e. The summed E-state index contributed by atoms with van der Waals surface area (Å²) in [5, 5.41) is 25.6. The molecule has 2 atom stereocenters. The smallest absolute Gasteiger partial charge is 0.352 e. The number of carbonyl (C=O) groups is 4. The van der Waals surface area contributed by atoms with Gasteiger partial charge in [-0.05, 0) is 23.6 Å². The molecule has 4 heterocycles. The summed E-state index contributed by atoms with van der Waals surface area (Å²) in [5.74, 6) is -2.72. The number of thiazole rings is 1. The number of β-lactam (4-membered cyclic amide) rings is 1. The molecule has 3 aliphatic rings. The molecule has 0 bridgehead atoms. The lowest BCUT2D eigenvalue weighted by Gasteiger charge is -2.49. The molecule has 0 spiro atoms. The molecule has 12 nitrogen and oxygen atoms in total. The zero-order valence-electron chi connectivity index (χ0n) is 19.7. The lowest BCUT2D eigenvalue weighted by Crippen LogP contribution is -2.71. The summed E-state index contributed by atoms with van der Waals surface area (Å²) in [6, 6.07) is 8.54. The number of allylic oxidation sites excluding steroid dienone is 1. The number of hydrogen-bond acceptors (Lipinski definition) is 10. The molecule has 5 N–H and O–H groups in total. The fourth-order valence-corrected chi connectivity index (χ4v) is 6.39. The van der Waals surface area contributed by atoms with Gasteiger partial charge >= 0.3 is 5.97 Å².